The molecular weight excluding hydrogens is 337 g/mol. The summed E-state index contributed by atoms with van der Waals surface area (Å²) < 4.78 is 19.3. The number of carbonyl (C=O) groups is 1. The van der Waals surface area contributed by atoms with E-state index in [2.05, 4.69) is 15.3 Å². The van der Waals surface area contributed by atoms with Crippen molar-refractivity contribution in [1.29, 1.82) is 0 Å². The molecule has 0 fully saturated rings. The standard InChI is InChI=1S/C16H11ClFN3O3/c1-24-14-3-2-8(17)4-10(14)16(23)21-13-5-9-12(6-11(13)18)19-7-20-15(9)22/h2-7H,1H3,(H,21,23)(H,19,20,22). The van der Waals surface area contributed by atoms with Gasteiger partial charge in [0.1, 0.15) is 11.6 Å². The van der Waals surface area contributed by atoms with E-state index in [1.807, 2.05) is 0 Å². The third-order valence-corrected chi connectivity index (χ3v) is 3.62. The minimum absolute atomic E-state index is 0.143. The van der Waals surface area contributed by atoms with Gasteiger partial charge in [-0.3, -0.25) is 9.59 Å². The molecule has 0 bridgehead atoms. The minimum atomic E-state index is -0.713. The SMILES string of the molecule is COc1ccc(Cl)cc1C(=O)Nc1cc2c(=O)[nH]cnc2cc1F. The molecule has 0 aliphatic carbocycles. The number of methoxy groups -OCH3 is 1. The Kier molecular flexibility index (Phi) is 4.18. The normalized spacial score (nSPS) is 10.6. The molecule has 122 valence electrons. The van der Waals surface area contributed by atoms with E-state index in [0.29, 0.717) is 5.02 Å². The molecule has 8 heteroatoms. The Labute approximate surface area is 140 Å². The number of nitrogens with zero attached hydrogens (tertiary/aromatic N) is 1. The van der Waals surface area contributed by atoms with E-state index >= 15 is 0 Å². The van der Waals surface area contributed by atoms with Crippen LogP contribution in [0.2, 0.25) is 5.02 Å². The molecule has 2 N–H and O–H groups in total. The van der Waals surface area contributed by atoms with E-state index in [1.165, 1.54) is 31.6 Å². The van der Waals surface area contributed by atoms with Gasteiger partial charge in [-0.25, -0.2) is 9.37 Å². The van der Waals surface area contributed by atoms with Crippen LogP contribution in [-0.2, 0) is 0 Å². The van der Waals surface area contributed by atoms with Crippen LogP contribution in [0.1, 0.15) is 10.4 Å². The predicted molar refractivity (Wildman–Crippen MR) is 88.3 cm³/mol. The van der Waals surface area contributed by atoms with Crippen LogP contribution >= 0.6 is 11.6 Å². The Bertz CT molecular complexity index is 1000. The van der Waals surface area contributed by atoms with Crippen LogP contribution in [-0.4, -0.2) is 23.0 Å². The smallest absolute Gasteiger partial charge is 0.259 e. The highest BCUT2D eigenvalue weighted by molar-refractivity contribution is 6.31. The van der Waals surface area contributed by atoms with Gasteiger partial charge >= 0.3 is 0 Å². The summed E-state index contributed by atoms with van der Waals surface area (Å²) in [4.78, 5) is 30.4. The maximum atomic E-state index is 14.2. The lowest BCUT2D eigenvalue weighted by molar-refractivity contribution is 0.102. The Morgan fingerprint density at radius 3 is 2.88 bits per heavy atom. The largest absolute Gasteiger partial charge is 0.496 e. The minimum Gasteiger partial charge on any atom is -0.496 e. The van der Waals surface area contributed by atoms with Gasteiger partial charge in [0.2, 0.25) is 0 Å². The van der Waals surface area contributed by atoms with Gasteiger partial charge in [-0.2, -0.15) is 0 Å². The van der Waals surface area contributed by atoms with Gasteiger partial charge in [0.05, 0.1) is 35.6 Å². The number of aromatic nitrogens is 2. The number of ether oxygens (including phenoxy) is 1. The molecule has 0 saturated heterocycles. The lowest BCUT2D eigenvalue weighted by Gasteiger charge is -2.11. The topological polar surface area (TPSA) is 84.1 Å². The average molecular weight is 348 g/mol. The number of halogens is 2. The highest BCUT2D eigenvalue weighted by atomic mass is 35.5. The Balaban J connectivity index is 2.02. The maximum absolute atomic E-state index is 14.2. The number of hydrogen-bond donors (Lipinski definition) is 2. The van der Waals surface area contributed by atoms with Crippen molar-refractivity contribution in [2.45, 2.75) is 0 Å². The van der Waals surface area contributed by atoms with Crippen LogP contribution in [0.4, 0.5) is 10.1 Å². The summed E-state index contributed by atoms with van der Waals surface area (Å²) in [6.45, 7) is 0. The zero-order chi connectivity index (χ0) is 17.3. The van der Waals surface area contributed by atoms with Crippen LogP contribution in [0.3, 0.4) is 0 Å². The number of anilines is 1. The number of benzene rings is 2. The molecule has 3 aromatic rings. The quantitative estimate of drug-likeness (QED) is 0.763. The van der Waals surface area contributed by atoms with E-state index in [-0.39, 0.29) is 27.9 Å². The number of aromatic amines is 1. The molecule has 1 aromatic heterocycles. The lowest BCUT2D eigenvalue weighted by Crippen LogP contribution is -2.15. The molecule has 0 unspecified atom stereocenters. The van der Waals surface area contributed by atoms with Gasteiger partial charge in [0.15, 0.2) is 0 Å². The summed E-state index contributed by atoms with van der Waals surface area (Å²) in [6, 6.07) is 6.81. The van der Waals surface area contributed by atoms with Crippen molar-refractivity contribution in [2.75, 3.05) is 12.4 Å². The fourth-order valence-corrected chi connectivity index (χ4v) is 2.40. The average Bonchev–Trinajstić information content (AvgIpc) is 2.56. The van der Waals surface area contributed by atoms with Crippen molar-refractivity contribution >= 4 is 34.1 Å². The Hall–Kier alpha value is -2.93. The molecular formula is C16H11ClFN3O3. The second-order valence-corrected chi connectivity index (χ2v) is 5.32. The second kappa shape index (κ2) is 6.29. The van der Waals surface area contributed by atoms with Crippen molar-refractivity contribution in [3.05, 3.63) is 63.4 Å². The van der Waals surface area contributed by atoms with E-state index < -0.39 is 17.3 Å². The molecule has 3 rings (SSSR count). The fourth-order valence-electron chi connectivity index (χ4n) is 2.23. The van der Waals surface area contributed by atoms with E-state index in [0.717, 1.165) is 6.07 Å². The van der Waals surface area contributed by atoms with E-state index in [1.54, 1.807) is 6.07 Å². The summed E-state index contributed by atoms with van der Waals surface area (Å²) in [6.07, 6.45) is 1.18. The van der Waals surface area contributed by atoms with Gasteiger partial charge < -0.3 is 15.0 Å². The van der Waals surface area contributed by atoms with Crippen LogP contribution in [0.25, 0.3) is 10.9 Å². The molecule has 24 heavy (non-hydrogen) atoms. The highest BCUT2D eigenvalue weighted by Gasteiger charge is 2.16. The van der Waals surface area contributed by atoms with Crippen LogP contribution in [0.15, 0.2) is 41.5 Å². The van der Waals surface area contributed by atoms with Crippen LogP contribution < -0.4 is 15.6 Å². The van der Waals surface area contributed by atoms with Gasteiger partial charge in [0.25, 0.3) is 11.5 Å². The summed E-state index contributed by atoms with van der Waals surface area (Å²) in [5.74, 6) is -1.04. The van der Waals surface area contributed by atoms with Crippen molar-refractivity contribution < 1.29 is 13.9 Å². The van der Waals surface area contributed by atoms with Crippen LogP contribution in [0.5, 0.6) is 5.75 Å². The summed E-state index contributed by atoms with van der Waals surface area (Å²) >= 11 is 5.89. The monoisotopic (exact) mass is 347 g/mol. The van der Waals surface area contributed by atoms with Crippen molar-refractivity contribution in [3.8, 4) is 5.75 Å². The van der Waals surface area contributed by atoms with Crippen molar-refractivity contribution in [3.63, 3.8) is 0 Å². The first kappa shape index (κ1) is 15.9. The third-order valence-electron chi connectivity index (χ3n) is 3.38. The molecule has 0 aliphatic rings. The number of fused-ring (bicyclic) bond motifs is 1. The van der Waals surface area contributed by atoms with Gasteiger partial charge in [-0.1, -0.05) is 11.6 Å². The maximum Gasteiger partial charge on any atom is 0.259 e. The zero-order valence-corrected chi connectivity index (χ0v) is 13.1. The first-order chi connectivity index (χ1) is 11.5. The molecule has 0 aliphatic heterocycles. The Morgan fingerprint density at radius 2 is 2.12 bits per heavy atom. The molecule has 0 spiro atoms. The number of hydrogen-bond acceptors (Lipinski definition) is 4. The number of rotatable bonds is 3. The first-order valence-corrected chi connectivity index (χ1v) is 7.19. The lowest BCUT2D eigenvalue weighted by atomic mass is 10.1. The number of carbonyl (C=O) groups excluding carboxylic acids is 1. The summed E-state index contributed by atoms with van der Waals surface area (Å²) in [7, 11) is 1.40. The second-order valence-electron chi connectivity index (χ2n) is 4.88. The van der Waals surface area contributed by atoms with E-state index in [9.17, 15) is 14.0 Å². The van der Waals surface area contributed by atoms with Gasteiger partial charge in [-0.15, -0.1) is 0 Å². The van der Waals surface area contributed by atoms with Crippen molar-refractivity contribution in [2.24, 2.45) is 0 Å². The highest BCUT2D eigenvalue weighted by Crippen LogP contribution is 2.25. The fraction of sp³-hybridized carbons (Fsp3) is 0.0625. The van der Waals surface area contributed by atoms with Gasteiger partial charge in [0, 0.05) is 11.1 Å². The summed E-state index contributed by atoms with van der Waals surface area (Å²) in [5.41, 5.74) is -0.247. The number of nitrogens with one attached hydrogen (secondary N) is 2. The molecule has 1 heterocycles. The third kappa shape index (κ3) is 2.93. The number of H-pyrrole nitrogens is 1. The Morgan fingerprint density at radius 1 is 1.33 bits per heavy atom. The van der Waals surface area contributed by atoms with Gasteiger partial charge in [-0.05, 0) is 24.3 Å². The molecule has 2 aromatic carbocycles. The molecule has 0 atom stereocenters. The zero-order valence-electron chi connectivity index (χ0n) is 12.4. The number of amides is 1. The van der Waals surface area contributed by atoms with Crippen LogP contribution in [0, 0.1) is 5.82 Å². The molecule has 6 nitrogen and oxygen atoms in total. The first-order valence-electron chi connectivity index (χ1n) is 6.81. The summed E-state index contributed by atoms with van der Waals surface area (Å²) in [5, 5.41) is 2.91. The predicted octanol–water partition coefficient (Wildman–Crippen LogP) is 2.98. The van der Waals surface area contributed by atoms with Crippen molar-refractivity contribution in [1.82, 2.24) is 9.97 Å². The molecule has 0 saturated carbocycles. The molecule has 1 amide bonds. The molecule has 0 radical (unpaired) electrons. The van der Waals surface area contributed by atoms with E-state index in [4.69, 9.17) is 16.3 Å².